The van der Waals surface area contributed by atoms with E-state index in [1.165, 1.54) is 6.20 Å². The quantitative estimate of drug-likeness (QED) is 0.450. The van der Waals surface area contributed by atoms with Crippen LogP contribution in [0.1, 0.15) is 25.0 Å². The summed E-state index contributed by atoms with van der Waals surface area (Å²) in [6.07, 6.45) is 7.66. The molecule has 0 radical (unpaired) electrons. The van der Waals surface area contributed by atoms with Gasteiger partial charge in [-0.15, -0.1) is 0 Å². The molecular formula is C26H31N5O4. The van der Waals surface area contributed by atoms with E-state index in [9.17, 15) is 5.11 Å². The predicted molar refractivity (Wildman–Crippen MR) is 137 cm³/mol. The number of aliphatic hydroxyl groups is 1. The molecule has 35 heavy (non-hydrogen) atoms. The lowest BCUT2D eigenvalue weighted by molar-refractivity contribution is 0.0224. The summed E-state index contributed by atoms with van der Waals surface area (Å²) in [6, 6.07) is 11.4. The minimum absolute atomic E-state index is 0.0389. The van der Waals surface area contributed by atoms with E-state index in [0.717, 1.165) is 36.2 Å². The number of allylic oxidation sites excluding steroid dienone is 1. The minimum atomic E-state index is -0.207. The van der Waals surface area contributed by atoms with Crippen molar-refractivity contribution in [3.63, 3.8) is 0 Å². The van der Waals surface area contributed by atoms with Crippen molar-refractivity contribution in [1.29, 1.82) is 0 Å². The maximum absolute atomic E-state index is 9.78. The molecule has 1 aliphatic rings. The number of nitrogens with zero attached hydrogens (tertiary/aromatic N) is 4. The van der Waals surface area contributed by atoms with Crippen LogP contribution >= 0.6 is 0 Å². The van der Waals surface area contributed by atoms with Crippen molar-refractivity contribution in [2.75, 3.05) is 38.9 Å². The lowest BCUT2D eigenvalue weighted by Gasteiger charge is -2.25. The predicted octanol–water partition coefficient (Wildman–Crippen LogP) is 3.57. The number of nitrogens with two attached hydrogens (primary N) is 1. The summed E-state index contributed by atoms with van der Waals surface area (Å²) < 4.78 is 16.6. The van der Waals surface area contributed by atoms with Crippen LogP contribution in [-0.2, 0) is 4.74 Å². The third kappa shape index (κ3) is 5.87. The largest absolute Gasteiger partial charge is 0.497 e. The highest BCUT2D eigenvalue weighted by Gasteiger charge is 2.16. The van der Waals surface area contributed by atoms with Gasteiger partial charge < -0.3 is 30.0 Å². The van der Waals surface area contributed by atoms with Gasteiger partial charge in [-0.25, -0.2) is 4.98 Å². The van der Waals surface area contributed by atoms with Crippen LogP contribution in [0.3, 0.4) is 0 Å². The van der Waals surface area contributed by atoms with Gasteiger partial charge in [-0.05, 0) is 49.7 Å². The molecule has 1 unspecified atom stereocenters. The Morgan fingerprint density at radius 1 is 1.14 bits per heavy atom. The maximum atomic E-state index is 9.78. The normalized spacial score (nSPS) is 16.5. The van der Waals surface area contributed by atoms with Crippen LogP contribution in [0.15, 0.2) is 59.9 Å². The number of fused-ring (bicyclic) bond motifs is 1. The van der Waals surface area contributed by atoms with Crippen molar-refractivity contribution < 1.29 is 19.3 Å². The van der Waals surface area contributed by atoms with E-state index in [4.69, 9.17) is 29.9 Å². The fourth-order valence-electron chi connectivity index (χ4n) is 4.01. The van der Waals surface area contributed by atoms with Gasteiger partial charge in [-0.2, -0.15) is 0 Å². The van der Waals surface area contributed by atoms with Gasteiger partial charge in [-0.1, -0.05) is 0 Å². The zero-order valence-corrected chi connectivity index (χ0v) is 20.1. The van der Waals surface area contributed by atoms with Crippen molar-refractivity contribution in [2.45, 2.75) is 25.5 Å². The van der Waals surface area contributed by atoms with E-state index in [0.29, 0.717) is 41.6 Å². The molecule has 0 spiro atoms. The summed E-state index contributed by atoms with van der Waals surface area (Å²) in [7, 11) is 3.21. The molecule has 3 aromatic rings. The molecule has 0 aliphatic carbocycles. The molecule has 184 valence electrons. The van der Waals surface area contributed by atoms with Crippen LogP contribution in [0.25, 0.3) is 11.0 Å². The van der Waals surface area contributed by atoms with E-state index in [1.54, 1.807) is 32.6 Å². The molecule has 9 nitrogen and oxygen atoms in total. The number of anilines is 2. The highest BCUT2D eigenvalue weighted by molar-refractivity contribution is 6.08. The van der Waals surface area contributed by atoms with Crippen LogP contribution in [-0.4, -0.2) is 61.0 Å². The molecule has 1 aromatic heterocycles. The highest BCUT2D eigenvalue weighted by atomic mass is 16.5. The molecule has 1 aliphatic heterocycles. The number of hydrogen-bond donors (Lipinski definition) is 2. The standard InChI is InChI=1S/C26H31N5O4/c1-33-20-13-19(14-21(16-20)34-2)31(10-11-32)18-6-7-22-24(15-18)29-25(17-28-22)23(8-9-27)30-26-5-3-4-12-35-26/h6-9,13-17,26,32H,3-5,10-12,27H2,1-2H3. The number of aliphatic imine (C=N–C) groups is 1. The van der Waals surface area contributed by atoms with Crippen molar-refractivity contribution in [2.24, 2.45) is 10.7 Å². The van der Waals surface area contributed by atoms with Gasteiger partial charge in [0.15, 0.2) is 0 Å². The summed E-state index contributed by atoms with van der Waals surface area (Å²) in [4.78, 5) is 16.1. The molecule has 4 rings (SSSR count). The molecule has 0 amide bonds. The molecule has 0 saturated carbocycles. The molecule has 1 fully saturated rings. The third-order valence-electron chi connectivity index (χ3n) is 5.76. The van der Waals surface area contributed by atoms with Crippen molar-refractivity contribution in [1.82, 2.24) is 9.97 Å². The van der Waals surface area contributed by atoms with Crippen LogP contribution in [0.4, 0.5) is 11.4 Å². The fraction of sp³-hybridized carbons (Fsp3) is 0.346. The molecule has 2 heterocycles. The Hall–Kier alpha value is -3.69. The Balaban J connectivity index is 1.74. The van der Waals surface area contributed by atoms with E-state index in [2.05, 4.69) is 4.98 Å². The van der Waals surface area contributed by atoms with Crippen LogP contribution < -0.4 is 20.1 Å². The number of ether oxygens (including phenoxy) is 3. The minimum Gasteiger partial charge on any atom is -0.497 e. The van der Waals surface area contributed by atoms with Crippen LogP contribution in [0, 0.1) is 0 Å². The van der Waals surface area contributed by atoms with Gasteiger partial charge in [0.2, 0.25) is 0 Å². The van der Waals surface area contributed by atoms with Gasteiger partial charge in [0, 0.05) is 42.7 Å². The first-order valence-electron chi connectivity index (χ1n) is 11.6. The van der Waals surface area contributed by atoms with Gasteiger partial charge in [-0.3, -0.25) is 9.98 Å². The molecule has 2 aromatic carbocycles. The maximum Gasteiger partial charge on any atom is 0.149 e. The van der Waals surface area contributed by atoms with Crippen molar-refractivity contribution in [3.05, 3.63) is 60.6 Å². The van der Waals surface area contributed by atoms with Crippen LogP contribution in [0.5, 0.6) is 11.5 Å². The summed E-state index contributed by atoms with van der Waals surface area (Å²) in [5, 5.41) is 9.78. The summed E-state index contributed by atoms with van der Waals surface area (Å²) >= 11 is 0. The summed E-state index contributed by atoms with van der Waals surface area (Å²) in [5.74, 6) is 1.31. The van der Waals surface area contributed by atoms with E-state index >= 15 is 0 Å². The second-order valence-corrected chi connectivity index (χ2v) is 8.07. The Morgan fingerprint density at radius 3 is 2.60 bits per heavy atom. The topological polar surface area (TPSA) is 115 Å². The first-order chi connectivity index (χ1) is 17.1. The number of aliphatic hydroxyl groups excluding tert-OH is 1. The van der Waals surface area contributed by atoms with E-state index in [1.807, 2.05) is 35.2 Å². The third-order valence-corrected chi connectivity index (χ3v) is 5.76. The van der Waals surface area contributed by atoms with Gasteiger partial charge >= 0.3 is 0 Å². The summed E-state index contributed by atoms with van der Waals surface area (Å²) in [5.41, 5.74) is 10.0. The lowest BCUT2D eigenvalue weighted by atomic mass is 10.1. The Bertz CT molecular complexity index is 1190. The first-order valence-corrected chi connectivity index (χ1v) is 11.6. The zero-order valence-electron chi connectivity index (χ0n) is 20.1. The average molecular weight is 478 g/mol. The monoisotopic (exact) mass is 477 g/mol. The second-order valence-electron chi connectivity index (χ2n) is 8.07. The lowest BCUT2D eigenvalue weighted by Crippen LogP contribution is -2.21. The Labute approximate surface area is 204 Å². The average Bonchev–Trinajstić information content (AvgIpc) is 2.91. The number of aromatic nitrogens is 2. The smallest absolute Gasteiger partial charge is 0.149 e. The zero-order chi connectivity index (χ0) is 24.6. The Morgan fingerprint density at radius 2 is 1.94 bits per heavy atom. The van der Waals surface area contributed by atoms with Gasteiger partial charge in [0.1, 0.15) is 23.4 Å². The SMILES string of the molecule is COc1cc(OC)cc(N(CCO)c2ccc3ncc(C(C=CN)=NC4CCCCO4)nc3c2)c1. The number of hydrogen-bond acceptors (Lipinski definition) is 9. The molecule has 0 bridgehead atoms. The molecule has 3 N–H and O–H groups in total. The molecule has 1 atom stereocenters. The Kier molecular flexibility index (Phi) is 8.12. The first kappa shape index (κ1) is 24.4. The molecular weight excluding hydrogens is 446 g/mol. The van der Waals surface area contributed by atoms with Crippen molar-refractivity contribution >= 4 is 28.1 Å². The van der Waals surface area contributed by atoms with Gasteiger partial charge in [0.05, 0.1) is 43.8 Å². The molecule has 9 heteroatoms. The number of methoxy groups -OCH3 is 2. The van der Waals surface area contributed by atoms with E-state index in [-0.39, 0.29) is 12.8 Å². The molecule has 1 saturated heterocycles. The number of benzene rings is 2. The van der Waals surface area contributed by atoms with Gasteiger partial charge in [0.25, 0.3) is 0 Å². The van der Waals surface area contributed by atoms with Crippen molar-refractivity contribution in [3.8, 4) is 11.5 Å². The second kappa shape index (κ2) is 11.6. The number of rotatable bonds is 9. The van der Waals surface area contributed by atoms with Crippen LogP contribution in [0.2, 0.25) is 0 Å². The highest BCUT2D eigenvalue weighted by Crippen LogP contribution is 2.33. The summed E-state index contributed by atoms with van der Waals surface area (Å²) in [6.45, 7) is 1.04. The van der Waals surface area contributed by atoms with E-state index < -0.39 is 0 Å². The fourth-order valence-corrected chi connectivity index (χ4v) is 4.01.